The van der Waals surface area contributed by atoms with Gasteiger partial charge in [-0.15, -0.1) is 0 Å². The van der Waals surface area contributed by atoms with Crippen LogP contribution in [0.15, 0.2) is 30.5 Å². The number of para-hydroxylation sites is 1. The summed E-state index contributed by atoms with van der Waals surface area (Å²) >= 11 is 1.47. The molecule has 0 fully saturated rings. The zero-order valence-electron chi connectivity index (χ0n) is 20.8. The number of thioether (sulfide) groups is 1. The number of primary amides is 1. The highest BCUT2D eigenvalue weighted by Gasteiger charge is 2.28. The molecule has 2 rings (SSSR count). The van der Waals surface area contributed by atoms with Gasteiger partial charge in [-0.3, -0.25) is 19.2 Å². The molecule has 37 heavy (non-hydrogen) atoms. The van der Waals surface area contributed by atoms with Gasteiger partial charge >= 0.3 is 5.97 Å². The van der Waals surface area contributed by atoms with Gasteiger partial charge in [0.25, 0.3) is 0 Å². The number of rotatable bonds is 15. The maximum absolute atomic E-state index is 12.9. The molecule has 1 aromatic heterocycles. The van der Waals surface area contributed by atoms with E-state index in [0.717, 1.165) is 16.5 Å². The minimum Gasteiger partial charge on any atom is -0.480 e. The van der Waals surface area contributed by atoms with Crippen molar-refractivity contribution in [3.63, 3.8) is 0 Å². The van der Waals surface area contributed by atoms with Crippen LogP contribution >= 0.6 is 11.8 Å². The molecule has 0 saturated carbocycles. The minimum atomic E-state index is -1.22. The average Bonchev–Trinajstić information content (AvgIpc) is 3.26. The number of carbonyl (C=O) groups is 5. The predicted molar refractivity (Wildman–Crippen MR) is 141 cm³/mol. The van der Waals surface area contributed by atoms with Crippen molar-refractivity contribution in [2.75, 3.05) is 12.0 Å². The Labute approximate surface area is 218 Å². The molecule has 0 spiro atoms. The molecule has 1 heterocycles. The van der Waals surface area contributed by atoms with Crippen LogP contribution in [-0.2, 0) is 30.4 Å². The number of hydrogen-bond donors (Lipinski definition) is 7. The highest BCUT2D eigenvalue weighted by molar-refractivity contribution is 7.98. The first-order chi connectivity index (χ1) is 17.5. The summed E-state index contributed by atoms with van der Waals surface area (Å²) in [6.45, 7) is 1.42. The molecule has 13 heteroatoms. The molecule has 0 radical (unpaired) electrons. The molecule has 2 aromatic rings. The summed E-state index contributed by atoms with van der Waals surface area (Å²) < 4.78 is 0. The molecule has 0 aliphatic rings. The van der Waals surface area contributed by atoms with Crippen molar-refractivity contribution in [1.29, 1.82) is 0 Å². The van der Waals surface area contributed by atoms with Crippen molar-refractivity contribution in [1.82, 2.24) is 20.9 Å². The van der Waals surface area contributed by atoms with Gasteiger partial charge in [0, 0.05) is 29.9 Å². The lowest BCUT2D eigenvalue weighted by atomic mass is 10.0. The van der Waals surface area contributed by atoms with Gasteiger partial charge in [0.2, 0.25) is 23.6 Å². The van der Waals surface area contributed by atoms with Gasteiger partial charge in [0.1, 0.15) is 18.1 Å². The lowest BCUT2D eigenvalue weighted by molar-refractivity contribution is -0.142. The third kappa shape index (κ3) is 9.10. The highest BCUT2D eigenvalue weighted by Crippen LogP contribution is 2.19. The Morgan fingerprint density at radius 3 is 2.32 bits per heavy atom. The van der Waals surface area contributed by atoms with E-state index in [4.69, 9.17) is 11.5 Å². The van der Waals surface area contributed by atoms with Crippen molar-refractivity contribution < 1.29 is 29.1 Å². The number of aliphatic carboxylic acids is 1. The molecular formula is C24H34N6O6S. The summed E-state index contributed by atoms with van der Waals surface area (Å²) in [7, 11) is 0. The van der Waals surface area contributed by atoms with E-state index in [1.807, 2.05) is 30.5 Å². The summed E-state index contributed by atoms with van der Waals surface area (Å²) in [5, 5.41) is 18.1. The lowest BCUT2D eigenvalue weighted by Crippen LogP contribution is -2.56. The second-order valence-corrected chi connectivity index (χ2v) is 9.63. The van der Waals surface area contributed by atoms with Gasteiger partial charge < -0.3 is 37.5 Å². The van der Waals surface area contributed by atoms with E-state index in [-0.39, 0.29) is 25.7 Å². The number of benzene rings is 1. The van der Waals surface area contributed by atoms with E-state index in [9.17, 15) is 29.1 Å². The topological polar surface area (TPSA) is 209 Å². The summed E-state index contributed by atoms with van der Waals surface area (Å²) in [6.07, 6.45) is 3.81. The predicted octanol–water partition coefficient (Wildman–Crippen LogP) is -0.385. The van der Waals surface area contributed by atoms with Gasteiger partial charge in [-0.25, -0.2) is 4.79 Å². The molecule has 9 N–H and O–H groups in total. The van der Waals surface area contributed by atoms with Crippen LogP contribution in [0, 0.1) is 0 Å². The number of fused-ring (bicyclic) bond motifs is 1. The van der Waals surface area contributed by atoms with Crippen LogP contribution in [0.5, 0.6) is 0 Å². The minimum absolute atomic E-state index is 0.0316. The van der Waals surface area contributed by atoms with Crippen molar-refractivity contribution >= 4 is 52.3 Å². The number of nitrogens with one attached hydrogen (secondary N) is 4. The Bertz CT molecular complexity index is 1120. The second-order valence-electron chi connectivity index (χ2n) is 8.65. The van der Waals surface area contributed by atoms with E-state index in [0.29, 0.717) is 5.75 Å². The number of aromatic nitrogens is 1. The third-order valence-electron chi connectivity index (χ3n) is 5.75. The summed E-state index contributed by atoms with van der Waals surface area (Å²) in [6, 6.07) is 3.11. The smallest absolute Gasteiger partial charge is 0.326 e. The Morgan fingerprint density at radius 1 is 1.00 bits per heavy atom. The Kier molecular flexibility index (Phi) is 11.4. The number of carboxylic acid groups (broad SMARTS) is 1. The van der Waals surface area contributed by atoms with Gasteiger partial charge in [0.05, 0.1) is 6.04 Å². The lowest BCUT2D eigenvalue weighted by Gasteiger charge is -2.23. The van der Waals surface area contributed by atoms with E-state index < -0.39 is 53.8 Å². The number of H-pyrrole nitrogens is 1. The maximum atomic E-state index is 12.9. The Balaban J connectivity index is 2.00. The third-order valence-corrected chi connectivity index (χ3v) is 6.39. The van der Waals surface area contributed by atoms with Crippen molar-refractivity contribution in [2.45, 2.75) is 56.8 Å². The summed E-state index contributed by atoms with van der Waals surface area (Å²) in [5.41, 5.74) is 12.4. The molecule has 4 unspecified atom stereocenters. The van der Waals surface area contributed by atoms with Gasteiger partial charge in [-0.2, -0.15) is 11.8 Å². The monoisotopic (exact) mass is 534 g/mol. The van der Waals surface area contributed by atoms with Gasteiger partial charge in [0.15, 0.2) is 0 Å². The molecular weight excluding hydrogens is 500 g/mol. The first-order valence-corrected chi connectivity index (χ1v) is 13.1. The summed E-state index contributed by atoms with van der Waals surface area (Å²) in [4.78, 5) is 63.9. The zero-order chi connectivity index (χ0) is 27.5. The number of nitrogens with two attached hydrogens (primary N) is 2. The van der Waals surface area contributed by atoms with Crippen molar-refractivity contribution in [3.8, 4) is 0 Å². The standard InChI is InChI=1S/C24H34N6O6S/c1-13(28-23(34)18(9-10-37-2)29-22(33)16(25)7-8-20(26)31)21(32)30-19(24(35)36)11-14-12-27-17-6-4-3-5-15(14)17/h3-6,12-13,16,18-19,27H,7-11,25H2,1-2H3,(H2,26,31)(H,28,34)(H,29,33)(H,30,32)(H,35,36). The largest absolute Gasteiger partial charge is 0.480 e. The number of aromatic amines is 1. The first kappa shape index (κ1) is 29.6. The van der Waals surface area contributed by atoms with E-state index >= 15 is 0 Å². The number of amides is 4. The highest BCUT2D eigenvalue weighted by atomic mass is 32.2. The molecule has 4 atom stereocenters. The zero-order valence-corrected chi connectivity index (χ0v) is 21.6. The van der Waals surface area contributed by atoms with Crippen molar-refractivity contribution in [2.24, 2.45) is 11.5 Å². The fourth-order valence-electron chi connectivity index (χ4n) is 3.61. The van der Waals surface area contributed by atoms with Crippen LogP contribution < -0.4 is 27.4 Å². The fourth-order valence-corrected chi connectivity index (χ4v) is 4.08. The van der Waals surface area contributed by atoms with Crippen molar-refractivity contribution in [3.05, 3.63) is 36.0 Å². The number of carbonyl (C=O) groups excluding carboxylic acids is 4. The molecule has 4 amide bonds. The Morgan fingerprint density at radius 2 is 1.68 bits per heavy atom. The average molecular weight is 535 g/mol. The Hall–Kier alpha value is -3.58. The molecule has 202 valence electrons. The van der Waals surface area contributed by atoms with E-state index in [1.165, 1.54) is 18.7 Å². The maximum Gasteiger partial charge on any atom is 0.326 e. The van der Waals surface area contributed by atoms with Crippen LogP contribution in [-0.4, -0.2) is 75.9 Å². The van der Waals surface area contributed by atoms with Gasteiger partial charge in [-0.05, 0) is 43.4 Å². The van der Waals surface area contributed by atoms with E-state index in [2.05, 4.69) is 20.9 Å². The van der Waals surface area contributed by atoms with Crippen LogP contribution in [0.1, 0.15) is 31.7 Å². The first-order valence-electron chi connectivity index (χ1n) is 11.7. The fraction of sp³-hybridized carbons (Fsp3) is 0.458. The van der Waals surface area contributed by atoms with Crippen LogP contribution in [0.25, 0.3) is 10.9 Å². The van der Waals surface area contributed by atoms with Gasteiger partial charge in [-0.1, -0.05) is 18.2 Å². The summed E-state index contributed by atoms with van der Waals surface area (Å²) in [5.74, 6) is -3.19. The van der Waals surface area contributed by atoms with Crippen LogP contribution in [0.2, 0.25) is 0 Å². The second kappa shape index (κ2) is 14.2. The van der Waals surface area contributed by atoms with Crippen LogP contribution in [0.3, 0.4) is 0 Å². The number of carboxylic acids is 1. The molecule has 0 bridgehead atoms. The SMILES string of the molecule is CSCCC(NC(=O)C(N)CCC(N)=O)C(=O)NC(C)C(=O)NC(Cc1c[nH]c2ccccc12)C(=O)O. The quantitative estimate of drug-likeness (QED) is 0.160. The normalized spacial score (nSPS) is 14.2. The molecule has 0 aliphatic carbocycles. The molecule has 1 aromatic carbocycles. The molecule has 12 nitrogen and oxygen atoms in total. The molecule has 0 aliphatic heterocycles. The van der Waals surface area contributed by atoms with E-state index in [1.54, 1.807) is 6.20 Å². The molecule has 0 saturated heterocycles. The van der Waals surface area contributed by atoms with Crippen LogP contribution in [0.4, 0.5) is 0 Å². The number of hydrogen-bond acceptors (Lipinski definition) is 7.